The maximum Gasteiger partial charge on any atom is 0.255 e. The number of nitrogens with two attached hydrogens (primary N) is 1. The van der Waals surface area contributed by atoms with Crippen LogP contribution in [0, 0.1) is 12.7 Å². The molecule has 0 aliphatic heterocycles. The second-order valence-electron chi connectivity index (χ2n) is 10.2. The van der Waals surface area contributed by atoms with Gasteiger partial charge in [-0.15, -0.1) is 0 Å². The van der Waals surface area contributed by atoms with E-state index in [2.05, 4.69) is 10.3 Å². The lowest BCUT2D eigenvalue weighted by Gasteiger charge is -2.19. The van der Waals surface area contributed by atoms with Gasteiger partial charge in [0.05, 0.1) is 30.1 Å². The molecule has 13 heteroatoms. The van der Waals surface area contributed by atoms with Crippen LogP contribution < -0.4 is 14.8 Å². The van der Waals surface area contributed by atoms with Gasteiger partial charge in [0, 0.05) is 27.5 Å². The summed E-state index contributed by atoms with van der Waals surface area (Å²) < 4.78 is 63.3. The lowest BCUT2D eigenvalue weighted by atomic mass is 9.92. The molecule has 10 nitrogen and oxygen atoms in total. The van der Waals surface area contributed by atoms with Crippen molar-refractivity contribution in [1.29, 1.82) is 0 Å². The van der Waals surface area contributed by atoms with Gasteiger partial charge in [-0.3, -0.25) is 9.59 Å². The Labute approximate surface area is 247 Å². The van der Waals surface area contributed by atoms with E-state index in [0.717, 1.165) is 29.2 Å². The van der Waals surface area contributed by atoms with Gasteiger partial charge in [0.15, 0.2) is 0 Å². The Morgan fingerprint density at radius 3 is 2.21 bits per heavy atom. The van der Waals surface area contributed by atoms with Crippen LogP contribution in [0.2, 0.25) is 0 Å². The van der Waals surface area contributed by atoms with Crippen LogP contribution in [0.1, 0.15) is 21.5 Å². The Kier molecular flexibility index (Phi) is 7.48. The summed E-state index contributed by atoms with van der Waals surface area (Å²) in [7, 11) is -8.35. The normalized spacial score (nSPS) is 12.0. The first-order valence-electron chi connectivity index (χ1n) is 12.9. The molecule has 0 aliphatic rings. The zero-order valence-corrected chi connectivity index (χ0v) is 24.9. The number of anilines is 2. The molecule has 0 saturated heterocycles. The fraction of sp³-hybridized carbons (Fsp3) is 0.133. The molecule has 43 heavy (non-hydrogen) atoms. The van der Waals surface area contributed by atoms with E-state index in [-0.39, 0.29) is 17.7 Å². The quantitative estimate of drug-likeness (QED) is 0.232. The van der Waals surface area contributed by atoms with Gasteiger partial charge in [0.25, 0.3) is 5.91 Å². The van der Waals surface area contributed by atoms with Crippen LogP contribution in [0.4, 0.5) is 15.8 Å². The SMILES string of the molecule is Cc1c(NC(=O)c2ccc(F)cc2)cccc1-c1ccc(CC(N)=O)c2[nH]c3cc(N(S(C)(=O)=O)S(C)(=O)=O)ccc3c12. The zero-order valence-electron chi connectivity index (χ0n) is 23.3. The molecule has 0 fully saturated rings. The molecule has 1 heterocycles. The van der Waals surface area contributed by atoms with Crippen molar-refractivity contribution >= 4 is 65.0 Å². The fourth-order valence-electron chi connectivity index (χ4n) is 5.22. The van der Waals surface area contributed by atoms with Crippen molar-refractivity contribution in [3.8, 4) is 11.1 Å². The monoisotopic (exact) mass is 622 g/mol. The molecule has 2 amide bonds. The molecular weight excluding hydrogens is 595 g/mol. The number of halogens is 1. The van der Waals surface area contributed by atoms with Crippen molar-refractivity contribution in [2.45, 2.75) is 13.3 Å². The van der Waals surface area contributed by atoms with Crippen molar-refractivity contribution < 1.29 is 30.8 Å². The summed E-state index contributed by atoms with van der Waals surface area (Å²) in [5, 5.41) is 4.20. The predicted molar refractivity (Wildman–Crippen MR) is 165 cm³/mol. The molecule has 0 spiro atoms. The summed E-state index contributed by atoms with van der Waals surface area (Å²) in [5.41, 5.74) is 10.1. The van der Waals surface area contributed by atoms with Crippen LogP contribution in [0.25, 0.3) is 32.9 Å². The average Bonchev–Trinajstić information content (AvgIpc) is 3.28. The number of fused-ring (bicyclic) bond motifs is 3. The highest BCUT2D eigenvalue weighted by Crippen LogP contribution is 2.40. The van der Waals surface area contributed by atoms with E-state index in [1.54, 1.807) is 24.3 Å². The van der Waals surface area contributed by atoms with E-state index in [1.165, 1.54) is 36.4 Å². The van der Waals surface area contributed by atoms with Crippen molar-refractivity contribution in [3.63, 3.8) is 0 Å². The molecule has 0 bridgehead atoms. The smallest absolute Gasteiger partial charge is 0.255 e. The van der Waals surface area contributed by atoms with Crippen LogP contribution >= 0.6 is 0 Å². The van der Waals surface area contributed by atoms with Crippen LogP contribution in [0.15, 0.2) is 72.8 Å². The Balaban J connectivity index is 1.70. The van der Waals surface area contributed by atoms with Crippen LogP contribution in [0.3, 0.4) is 0 Å². The number of aromatic amines is 1. The summed E-state index contributed by atoms with van der Waals surface area (Å²) in [5.74, 6) is -1.43. The lowest BCUT2D eigenvalue weighted by Crippen LogP contribution is -2.35. The first kappa shape index (κ1) is 29.7. The van der Waals surface area contributed by atoms with Gasteiger partial charge in [-0.1, -0.05) is 30.3 Å². The number of nitrogens with zero attached hydrogens (tertiary/aromatic N) is 1. The standard InChI is InChI=1S/C30H27FN4O6S2/c1-17-22(5-4-6-25(17)34-30(37)18-7-10-20(31)11-8-18)23-13-9-19(15-27(32)36)29-28(23)24-14-12-21(16-26(24)33-29)35(42(2,38)39)43(3,40)41/h4-14,16,33H,15H2,1-3H3,(H2,32,36)(H,34,37). The van der Waals surface area contributed by atoms with E-state index >= 15 is 0 Å². The van der Waals surface area contributed by atoms with Crippen LogP contribution in [-0.2, 0) is 31.3 Å². The molecule has 0 saturated carbocycles. The van der Waals surface area contributed by atoms with E-state index in [0.29, 0.717) is 36.8 Å². The summed E-state index contributed by atoms with van der Waals surface area (Å²) in [6.07, 6.45) is 1.52. The highest BCUT2D eigenvalue weighted by molar-refractivity contribution is 8.09. The Bertz CT molecular complexity index is 2130. The van der Waals surface area contributed by atoms with E-state index in [4.69, 9.17) is 5.73 Å². The number of sulfonamides is 2. The first-order valence-corrected chi connectivity index (χ1v) is 16.6. The Morgan fingerprint density at radius 2 is 1.58 bits per heavy atom. The number of hydrogen-bond donors (Lipinski definition) is 3. The minimum atomic E-state index is -4.18. The predicted octanol–water partition coefficient (Wildman–Crippen LogP) is 4.44. The third kappa shape index (κ3) is 5.81. The van der Waals surface area contributed by atoms with Crippen molar-refractivity contribution in [2.24, 2.45) is 5.73 Å². The molecule has 0 unspecified atom stereocenters. The molecule has 0 aliphatic carbocycles. The third-order valence-corrected chi connectivity index (χ3v) is 10.2. The van der Waals surface area contributed by atoms with Gasteiger partial charge in [-0.2, -0.15) is 3.71 Å². The number of nitrogens with one attached hydrogen (secondary N) is 2. The second-order valence-corrected chi connectivity index (χ2v) is 14.1. The number of primary amides is 1. The van der Waals surface area contributed by atoms with Gasteiger partial charge < -0.3 is 16.0 Å². The van der Waals surface area contributed by atoms with Gasteiger partial charge in [0.1, 0.15) is 5.82 Å². The molecule has 5 aromatic rings. The summed E-state index contributed by atoms with van der Waals surface area (Å²) >= 11 is 0. The van der Waals surface area contributed by atoms with Crippen LogP contribution in [0.5, 0.6) is 0 Å². The molecule has 4 N–H and O–H groups in total. The molecule has 1 aromatic heterocycles. The molecule has 222 valence electrons. The number of benzene rings is 4. The average molecular weight is 623 g/mol. The first-order chi connectivity index (χ1) is 20.1. The topological polar surface area (TPSA) is 159 Å². The fourth-order valence-corrected chi connectivity index (χ4v) is 8.18. The highest BCUT2D eigenvalue weighted by atomic mass is 32.3. The van der Waals surface area contributed by atoms with E-state index < -0.39 is 37.7 Å². The number of H-pyrrole nitrogens is 1. The van der Waals surface area contributed by atoms with Gasteiger partial charge >= 0.3 is 0 Å². The molecule has 0 atom stereocenters. The third-order valence-electron chi connectivity index (χ3n) is 6.98. The van der Waals surface area contributed by atoms with Crippen molar-refractivity contribution in [2.75, 3.05) is 21.5 Å². The largest absolute Gasteiger partial charge is 0.369 e. The van der Waals surface area contributed by atoms with Crippen molar-refractivity contribution in [1.82, 2.24) is 4.98 Å². The Hall–Kier alpha value is -4.75. The second kappa shape index (κ2) is 10.8. The maximum atomic E-state index is 13.3. The number of carbonyl (C=O) groups is 2. The molecule has 4 aromatic carbocycles. The van der Waals surface area contributed by atoms with Crippen LogP contribution in [-0.4, -0.2) is 46.1 Å². The van der Waals surface area contributed by atoms with Gasteiger partial charge in [-0.25, -0.2) is 21.2 Å². The lowest BCUT2D eigenvalue weighted by molar-refractivity contribution is -0.117. The molecule has 0 radical (unpaired) electrons. The number of amides is 2. The summed E-state index contributed by atoms with van der Waals surface area (Å²) in [6, 6.07) is 18.6. The van der Waals surface area contributed by atoms with Gasteiger partial charge in [-0.05, 0) is 71.6 Å². The highest BCUT2D eigenvalue weighted by Gasteiger charge is 2.28. The maximum absolute atomic E-state index is 13.3. The number of hydrogen-bond acceptors (Lipinski definition) is 6. The minimum absolute atomic E-state index is 0.0799. The molecular formula is C30H27FN4O6S2. The van der Waals surface area contributed by atoms with E-state index in [1.807, 2.05) is 19.1 Å². The molecule has 5 rings (SSSR count). The summed E-state index contributed by atoms with van der Waals surface area (Å²) in [6.45, 7) is 1.84. The van der Waals surface area contributed by atoms with E-state index in [9.17, 15) is 30.8 Å². The van der Waals surface area contributed by atoms with Gasteiger partial charge in [0.2, 0.25) is 26.0 Å². The Morgan fingerprint density at radius 1 is 0.907 bits per heavy atom. The minimum Gasteiger partial charge on any atom is -0.369 e. The number of carbonyl (C=O) groups excluding carboxylic acids is 2. The number of aromatic nitrogens is 1. The zero-order chi connectivity index (χ0) is 31.3. The number of rotatable bonds is 8. The van der Waals surface area contributed by atoms with Crippen molar-refractivity contribution in [3.05, 3.63) is 95.3 Å². The summed E-state index contributed by atoms with van der Waals surface area (Å²) in [4.78, 5) is 28.0.